The lowest BCUT2D eigenvalue weighted by Crippen LogP contribution is -2.09. The van der Waals surface area contributed by atoms with Crippen molar-refractivity contribution in [1.82, 2.24) is 4.98 Å². The first-order valence-electron chi connectivity index (χ1n) is 6.21. The van der Waals surface area contributed by atoms with Gasteiger partial charge in [-0.3, -0.25) is 5.43 Å². The van der Waals surface area contributed by atoms with Crippen LogP contribution in [0.3, 0.4) is 0 Å². The van der Waals surface area contributed by atoms with Crippen molar-refractivity contribution in [2.24, 2.45) is 5.10 Å². The van der Waals surface area contributed by atoms with Crippen molar-refractivity contribution in [2.75, 3.05) is 12.0 Å². The van der Waals surface area contributed by atoms with Crippen molar-refractivity contribution in [1.29, 1.82) is 0 Å². The van der Waals surface area contributed by atoms with Crippen molar-refractivity contribution < 1.29 is 14.6 Å². The number of carboxylic acid groups (broad SMARTS) is 1. The number of aliphatic carboxylic acids is 1. The van der Waals surface area contributed by atoms with Crippen LogP contribution in [0.2, 0.25) is 15.2 Å². The Balaban J connectivity index is 1.98. The van der Waals surface area contributed by atoms with E-state index >= 15 is 0 Å². The van der Waals surface area contributed by atoms with E-state index in [1.165, 1.54) is 12.3 Å². The van der Waals surface area contributed by atoms with Gasteiger partial charge in [-0.05, 0) is 35.9 Å². The third-order valence-corrected chi connectivity index (χ3v) is 3.47. The summed E-state index contributed by atoms with van der Waals surface area (Å²) in [5.74, 6) is -0.309. The highest BCUT2D eigenvalue weighted by Crippen LogP contribution is 2.28. The van der Waals surface area contributed by atoms with E-state index in [-0.39, 0.29) is 21.0 Å². The Kier molecular flexibility index (Phi) is 6.04. The number of nitrogens with one attached hydrogen (secondary N) is 1. The molecule has 23 heavy (non-hydrogen) atoms. The lowest BCUT2D eigenvalue weighted by molar-refractivity contribution is -0.139. The van der Waals surface area contributed by atoms with Gasteiger partial charge in [-0.15, -0.1) is 0 Å². The molecule has 0 spiro atoms. The first-order chi connectivity index (χ1) is 11.0. The van der Waals surface area contributed by atoms with Crippen molar-refractivity contribution in [3.8, 4) is 5.75 Å². The van der Waals surface area contributed by atoms with E-state index < -0.39 is 12.6 Å². The minimum Gasteiger partial charge on any atom is -0.482 e. The van der Waals surface area contributed by atoms with Gasteiger partial charge in [-0.1, -0.05) is 34.8 Å². The maximum absolute atomic E-state index is 10.4. The number of halogens is 3. The summed E-state index contributed by atoms with van der Waals surface area (Å²) in [7, 11) is 0. The summed E-state index contributed by atoms with van der Waals surface area (Å²) in [5, 5.41) is 13.2. The van der Waals surface area contributed by atoms with Gasteiger partial charge in [0.25, 0.3) is 0 Å². The number of carbonyl (C=O) groups is 1. The molecule has 0 aliphatic rings. The number of hydrazone groups is 1. The Morgan fingerprint density at radius 3 is 2.61 bits per heavy atom. The van der Waals surface area contributed by atoms with E-state index in [1.54, 1.807) is 24.3 Å². The molecular formula is C14H10Cl3N3O3. The molecule has 0 saturated heterocycles. The minimum atomic E-state index is -1.04. The normalized spacial score (nSPS) is 10.7. The van der Waals surface area contributed by atoms with Crippen LogP contribution < -0.4 is 10.2 Å². The molecular weight excluding hydrogens is 365 g/mol. The molecule has 2 rings (SSSR count). The lowest BCUT2D eigenvalue weighted by Gasteiger charge is -2.04. The lowest BCUT2D eigenvalue weighted by atomic mass is 10.2. The second-order valence-electron chi connectivity index (χ2n) is 4.21. The summed E-state index contributed by atoms with van der Waals surface area (Å²) in [6.07, 6.45) is 1.53. The predicted octanol–water partition coefficient (Wildman–Crippen LogP) is 3.95. The van der Waals surface area contributed by atoms with Crippen molar-refractivity contribution in [2.45, 2.75) is 0 Å². The van der Waals surface area contributed by atoms with Gasteiger partial charge in [0.15, 0.2) is 12.4 Å². The van der Waals surface area contributed by atoms with E-state index in [2.05, 4.69) is 15.5 Å². The number of hydrogen-bond acceptors (Lipinski definition) is 5. The Bertz CT molecular complexity index is 736. The number of hydrogen-bond donors (Lipinski definition) is 2. The molecule has 0 atom stereocenters. The number of benzene rings is 1. The topological polar surface area (TPSA) is 83.8 Å². The molecule has 1 aromatic heterocycles. The summed E-state index contributed by atoms with van der Waals surface area (Å²) in [4.78, 5) is 14.4. The molecule has 0 unspecified atom stereocenters. The van der Waals surface area contributed by atoms with Gasteiger partial charge >= 0.3 is 5.97 Å². The molecule has 0 fully saturated rings. The van der Waals surface area contributed by atoms with Gasteiger partial charge in [0.2, 0.25) is 0 Å². The van der Waals surface area contributed by atoms with Crippen molar-refractivity contribution in [3.05, 3.63) is 51.1 Å². The standard InChI is InChI=1S/C14H10Cl3N3O3/c15-10-5-11(16)14(19-13(10)17)20-18-6-8-1-3-9(4-2-8)23-7-12(21)22/h1-6H,7H2,(H,19,20)(H,21,22)/b18-6-. The average molecular weight is 375 g/mol. The number of carboxylic acids is 1. The third kappa shape index (κ3) is 5.28. The van der Waals surface area contributed by atoms with E-state index in [4.69, 9.17) is 44.6 Å². The summed E-state index contributed by atoms with van der Waals surface area (Å²) in [6, 6.07) is 8.16. The molecule has 0 bridgehead atoms. The number of ether oxygens (including phenoxy) is 1. The highest BCUT2D eigenvalue weighted by molar-refractivity contribution is 6.42. The first-order valence-corrected chi connectivity index (χ1v) is 7.34. The van der Waals surface area contributed by atoms with Gasteiger partial charge in [-0.25, -0.2) is 9.78 Å². The summed E-state index contributed by atoms with van der Waals surface area (Å²) in [6.45, 7) is -0.392. The van der Waals surface area contributed by atoms with Gasteiger partial charge in [0, 0.05) is 0 Å². The quantitative estimate of drug-likeness (QED) is 0.454. The van der Waals surface area contributed by atoms with Crippen LogP contribution in [-0.2, 0) is 4.79 Å². The first kappa shape index (κ1) is 17.3. The second-order valence-corrected chi connectivity index (χ2v) is 5.39. The Morgan fingerprint density at radius 1 is 1.26 bits per heavy atom. The molecule has 120 valence electrons. The zero-order valence-corrected chi connectivity index (χ0v) is 13.7. The third-order valence-electron chi connectivity index (χ3n) is 2.51. The molecule has 6 nitrogen and oxygen atoms in total. The molecule has 1 aromatic carbocycles. The fourth-order valence-corrected chi connectivity index (χ4v) is 2.03. The van der Waals surface area contributed by atoms with E-state index in [0.717, 1.165) is 5.56 Å². The minimum absolute atomic E-state index is 0.119. The molecule has 0 radical (unpaired) electrons. The predicted molar refractivity (Wildman–Crippen MR) is 90.1 cm³/mol. The van der Waals surface area contributed by atoms with Gasteiger partial charge < -0.3 is 9.84 Å². The van der Waals surface area contributed by atoms with Crippen LogP contribution >= 0.6 is 34.8 Å². The molecule has 0 saturated carbocycles. The summed E-state index contributed by atoms with van der Waals surface area (Å²) >= 11 is 17.5. The van der Waals surface area contributed by atoms with Gasteiger partial charge in [-0.2, -0.15) is 5.10 Å². The number of pyridine rings is 1. The highest BCUT2D eigenvalue weighted by atomic mass is 35.5. The maximum atomic E-state index is 10.4. The highest BCUT2D eigenvalue weighted by Gasteiger charge is 2.06. The fraction of sp³-hybridized carbons (Fsp3) is 0.0714. The monoisotopic (exact) mass is 373 g/mol. The average Bonchev–Trinajstić information content (AvgIpc) is 2.51. The summed E-state index contributed by atoms with van der Waals surface area (Å²) in [5.41, 5.74) is 3.42. The molecule has 1 heterocycles. The molecule has 0 amide bonds. The van der Waals surface area contributed by atoms with Gasteiger partial charge in [0.05, 0.1) is 16.3 Å². The zero-order valence-electron chi connectivity index (χ0n) is 11.5. The molecule has 2 aromatic rings. The number of nitrogens with zero attached hydrogens (tertiary/aromatic N) is 2. The van der Waals surface area contributed by atoms with Crippen LogP contribution in [0.4, 0.5) is 5.82 Å². The molecule has 9 heteroatoms. The maximum Gasteiger partial charge on any atom is 0.341 e. The van der Waals surface area contributed by atoms with Gasteiger partial charge in [0.1, 0.15) is 10.9 Å². The van der Waals surface area contributed by atoms with Crippen LogP contribution in [-0.4, -0.2) is 28.9 Å². The Hall–Kier alpha value is -2.02. The summed E-state index contributed by atoms with van der Waals surface area (Å²) < 4.78 is 5.02. The molecule has 2 N–H and O–H groups in total. The van der Waals surface area contributed by atoms with Crippen LogP contribution in [0.1, 0.15) is 5.56 Å². The second kappa shape index (κ2) is 8.01. The van der Waals surface area contributed by atoms with E-state index in [1.807, 2.05) is 0 Å². The molecule has 0 aliphatic carbocycles. The SMILES string of the molecule is O=C(O)COc1ccc(/C=N\Nc2nc(Cl)c(Cl)cc2Cl)cc1. The number of rotatable bonds is 6. The van der Waals surface area contributed by atoms with Crippen LogP contribution in [0.5, 0.6) is 5.75 Å². The van der Waals surface area contributed by atoms with Crippen LogP contribution in [0, 0.1) is 0 Å². The van der Waals surface area contributed by atoms with E-state index in [9.17, 15) is 4.79 Å². The zero-order chi connectivity index (χ0) is 16.8. The Labute approximate surface area is 146 Å². The van der Waals surface area contributed by atoms with Crippen molar-refractivity contribution >= 4 is 52.8 Å². The Morgan fingerprint density at radius 2 is 1.96 bits per heavy atom. The fourth-order valence-electron chi connectivity index (χ4n) is 1.49. The smallest absolute Gasteiger partial charge is 0.341 e. The number of anilines is 1. The van der Waals surface area contributed by atoms with Crippen LogP contribution in [0.15, 0.2) is 35.4 Å². The molecule has 0 aliphatic heterocycles. The van der Waals surface area contributed by atoms with E-state index in [0.29, 0.717) is 5.75 Å². The largest absolute Gasteiger partial charge is 0.482 e. The number of aromatic nitrogens is 1. The van der Waals surface area contributed by atoms with Crippen molar-refractivity contribution in [3.63, 3.8) is 0 Å². The van der Waals surface area contributed by atoms with Crippen LogP contribution in [0.25, 0.3) is 0 Å².